The molecular formula is C23H17Cl2F3N2O2S. The van der Waals surface area contributed by atoms with E-state index in [0.29, 0.717) is 5.56 Å². The second-order valence-corrected chi connectivity index (χ2v) is 10.3. The van der Waals surface area contributed by atoms with E-state index in [4.69, 9.17) is 23.2 Å². The van der Waals surface area contributed by atoms with Crippen LogP contribution in [0.3, 0.4) is 0 Å². The Kier molecular flexibility index (Phi) is 6.44. The zero-order chi connectivity index (χ0) is 23.8. The van der Waals surface area contributed by atoms with Gasteiger partial charge in [0.2, 0.25) is 0 Å². The monoisotopic (exact) mass is 512 g/mol. The molecule has 0 bridgehead atoms. The Hall–Kier alpha value is -2.55. The van der Waals surface area contributed by atoms with Gasteiger partial charge < -0.3 is 4.57 Å². The zero-order valence-corrected chi connectivity index (χ0v) is 19.3. The number of imidazole rings is 1. The molecule has 1 heterocycles. The normalized spacial score (nSPS) is 13.4. The van der Waals surface area contributed by atoms with Crippen molar-refractivity contribution in [2.24, 2.45) is 0 Å². The van der Waals surface area contributed by atoms with Crippen LogP contribution in [0.1, 0.15) is 17.4 Å². The van der Waals surface area contributed by atoms with Gasteiger partial charge in [-0.2, -0.15) is 13.2 Å². The van der Waals surface area contributed by atoms with Crippen molar-refractivity contribution >= 4 is 44.1 Å². The largest absolute Gasteiger partial charge is 0.396 e. The quantitative estimate of drug-likeness (QED) is 0.295. The Morgan fingerprint density at radius 3 is 2.09 bits per heavy atom. The first-order chi connectivity index (χ1) is 15.5. The van der Waals surface area contributed by atoms with E-state index in [2.05, 4.69) is 4.98 Å². The fraction of sp³-hybridized carbons (Fsp3) is 0.174. The summed E-state index contributed by atoms with van der Waals surface area (Å²) >= 11 is 12.2. The first-order valence-corrected chi connectivity index (χ1v) is 12.2. The fourth-order valence-electron chi connectivity index (χ4n) is 3.72. The van der Waals surface area contributed by atoms with Gasteiger partial charge in [-0.1, -0.05) is 71.7 Å². The van der Waals surface area contributed by atoms with Crippen LogP contribution in [0.15, 0.2) is 77.7 Å². The number of sulfone groups is 1. The standard InChI is InChI=1S/C23H17Cl2F3N2O2S/c24-17-11-19-20(12-18(17)25)30(22(29-19)13-23(26,27)28)21(15-7-3-1-4-8-15)14-33(31,32)16-9-5-2-6-10-16/h1-12,21H,13-14H2. The van der Waals surface area contributed by atoms with E-state index < -0.39 is 34.2 Å². The van der Waals surface area contributed by atoms with Crippen molar-refractivity contribution in [2.75, 3.05) is 5.75 Å². The van der Waals surface area contributed by atoms with Gasteiger partial charge in [-0.05, 0) is 29.8 Å². The molecule has 0 aliphatic rings. The first kappa shape index (κ1) is 23.6. The first-order valence-electron chi connectivity index (χ1n) is 9.80. The molecule has 0 N–H and O–H groups in total. The minimum Gasteiger partial charge on any atom is -0.319 e. The van der Waals surface area contributed by atoms with Crippen LogP contribution >= 0.6 is 23.2 Å². The van der Waals surface area contributed by atoms with E-state index >= 15 is 0 Å². The summed E-state index contributed by atoms with van der Waals surface area (Å²) in [4.78, 5) is 4.23. The van der Waals surface area contributed by atoms with Gasteiger partial charge in [-0.15, -0.1) is 0 Å². The molecule has 4 rings (SSSR count). The maximum Gasteiger partial charge on any atom is 0.396 e. The minimum absolute atomic E-state index is 0.0776. The maximum atomic E-state index is 13.5. The summed E-state index contributed by atoms with van der Waals surface area (Å²) in [5.41, 5.74) is 0.980. The number of fused-ring (bicyclic) bond motifs is 1. The lowest BCUT2D eigenvalue weighted by Crippen LogP contribution is -2.25. The molecule has 0 radical (unpaired) electrons. The highest BCUT2D eigenvalue weighted by Crippen LogP contribution is 2.35. The molecule has 172 valence electrons. The molecule has 10 heteroatoms. The lowest BCUT2D eigenvalue weighted by molar-refractivity contribution is -0.128. The molecule has 0 saturated carbocycles. The summed E-state index contributed by atoms with van der Waals surface area (Å²) in [7, 11) is -3.87. The van der Waals surface area contributed by atoms with E-state index in [0.717, 1.165) is 0 Å². The van der Waals surface area contributed by atoms with E-state index in [-0.39, 0.29) is 31.8 Å². The van der Waals surface area contributed by atoms with Gasteiger partial charge in [-0.3, -0.25) is 0 Å². The second kappa shape index (κ2) is 9.00. The Morgan fingerprint density at radius 2 is 1.48 bits per heavy atom. The molecule has 0 aliphatic carbocycles. The van der Waals surface area contributed by atoms with E-state index in [9.17, 15) is 21.6 Å². The Morgan fingerprint density at radius 1 is 0.909 bits per heavy atom. The van der Waals surface area contributed by atoms with Crippen molar-refractivity contribution < 1.29 is 21.6 Å². The SMILES string of the molecule is O=S(=O)(CC(c1ccccc1)n1c(CC(F)(F)F)nc2cc(Cl)c(Cl)cc21)c1ccccc1. The van der Waals surface area contributed by atoms with Crippen LogP contribution in [0.5, 0.6) is 0 Å². The van der Waals surface area contributed by atoms with Crippen LogP contribution in [0.2, 0.25) is 10.0 Å². The lowest BCUT2D eigenvalue weighted by Gasteiger charge is -2.23. The van der Waals surface area contributed by atoms with E-state index in [1.54, 1.807) is 48.5 Å². The van der Waals surface area contributed by atoms with Crippen LogP contribution in [0, 0.1) is 0 Å². The number of benzene rings is 3. The molecule has 1 atom stereocenters. The minimum atomic E-state index is -4.56. The van der Waals surface area contributed by atoms with Crippen LogP contribution in [0.25, 0.3) is 11.0 Å². The summed E-state index contributed by atoms with van der Waals surface area (Å²) in [6.07, 6.45) is -5.90. The third-order valence-electron chi connectivity index (χ3n) is 5.14. The smallest absolute Gasteiger partial charge is 0.319 e. The third kappa shape index (κ3) is 5.18. The van der Waals surface area contributed by atoms with Crippen molar-refractivity contribution in [3.05, 3.63) is 94.2 Å². The Labute approximate surface area is 198 Å². The number of halogens is 5. The highest BCUT2D eigenvalue weighted by atomic mass is 35.5. The Bertz CT molecular complexity index is 1390. The molecule has 33 heavy (non-hydrogen) atoms. The molecule has 0 saturated heterocycles. The molecule has 0 aliphatic heterocycles. The summed E-state index contributed by atoms with van der Waals surface area (Å²) in [6.45, 7) is 0. The second-order valence-electron chi connectivity index (χ2n) is 7.47. The predicted molar refractivity (Wildman–Crippen MR) is 123 cm³/mol. The molecule has 0 amide bonds. The van der Waals surface area contributed by atoms with Crippen molar-refractivity contribution in [3.8, 4) is 0 Å². The number of aromatic nitrogens is 2. The van der Waals surface area contributed by atoms with Gasteiger partial charge >= 0.3 is 6.18 Å². The molecule has 1 aromatic heterocycles. The van der Waals surface area contributed by atoms with Gasteiger partial charge in [0.05, 0.1) is 37.8 Å². The van der Waals surface area contributed by atoms with Gasteiger partial charge in [0, 0.05) is 0 Å². The van der Waals surface area contributed by atoms with Gasteiger partial charge in [-0.25, -0.2) is 13.4 Å². The number of hydrogen-bond donors (Lipinski definition) is 0. The third-order valence-corrected chi connectivity index (χ3v) is 7.61. The average Bonchev–Trinajstić information content (AvgIpc) is 3.08. The number of hydrogen-bond acceptors (Lipinski definition) is 3. The Balaban J connectivity index is 1.96. The van der Waals surface area contributed by atoms with Crippen LogP contribution in [-0.2, 0) is 16.3 Å². The van der Waals surface area contributed by atoms with Crippen LogP contribution in [-0.4, -0.2) is 29.9 Å². The summed E-state index contributed by atoms with van der Waals surface area (Å²) < 4.78 is 68.2. The molecule has 3 aromatic carbocycles. The number of nitrogens with zero attached hydrogens (tertiary/aromatic N) is 2. The zero-order valence-electron chi connectivity index (χ0n) is 16.9. The summed E-state index contributed by atoms with van der Waals surface area (Å²) in [5.74, 6) is -0.801. The van der Waals surface area contributed by atoms with Crippen LogP contribution in [0.4, 0.5) is 13.2 Å². The number of rotatable bonds is 6. The predicted octanol–water partition coefficient (Wildman–Crippen LogP) is 6.51. The maximum absolute atomic E-state index is 13.5. The molecule has 1 unspecified atom stereocenters. The van der Waals surface area contributed by atoms with Crippen LogP contribution < -0.4 is 0 Å². The van der Waals surface area contributed by atoms with Gasteiger partial charge in [0.1, 0.15) is 12.2 Å². The van der Waals surface area contributed by atoms with E-state index in [1.807, 2.05) is 0 Å². The molecule has 4 nitrogen and oxygen atoms in total. The topological polar surface area (TPSA) is 52.0 Å². The fourth-order valence-corrected chi connectivity index (χ4v) is 5.56. The number of alkyl halides is 3. The summed E-state index contributed by atoms with van der Waals surface area (Å²) in [6, 6.07) is 18.1. The molecule has 0 fully saturated rings. The lowest BCUT2D eigenvalue weighted by atomic mass is 10.1. The average molecular weight is 513 g/mol. The molecule has 4 aromatic rings. The highest BCUT2D eigenvalue weighted by molar-refractivity contribution is 7.91. The van der Waals surface area contributed by atoms with Crippen molar-refractivity contribution in [1.82, 2.24) is 9.55 Å². The van der Waals surface area contributed by atoms with Crippen molar-refractivity contribution in [2.45, 2.75) is 23.5 Å². The molecule has 0 spiro atoms. The van der Waals surface area contributed by atoms with Crippen molar-refractivity contribution in [3.63, 3.8) is 0 Å². The highest BCUT2D eigenvalue weighted by Gasteiger charge is 2.34. The van der Waals surface area contributed by atoms with Gasteiger partial charge in [0.25, 0.3) is 0 Å². The van der Waals surface area contributed by atoms with E-state index in [1.165, 1.54) is 28.8 Å². The summed E-state index contributed by atoms with van der Waals surface area (Å²) in [5, 5.41) is 0.266. The van der Waals surface area contributed by atoms with Crippen molar-refractivity contribution in [1.29, 1.82) is 0 Å². The van der Waals surface area contributed by atoms with Gasteiger partial charge in [0.15, 0.2) is 9.84 Å². The molecular weight excluding hydrogens is 496 g/mol.